The molecule has 2 atom stereocenters. The lowest BCUT2D eigenvalue weighted by atomic mass is 10.1. The topological polar surface area (TPSA) is 76.1 Å². The Labute approximate surface area is 120 Å². The predicted octanol–water partition coefficient (Wildman–Crippen LogP) is 1.70. The van der Waals surface area contributed by atoms with Crippen molar-refractivity contribution in [3.05, 3.63) is 0 Å². The van der Waals surface area contributed by atoms with Crippen LogP contribution in [0.25, 0.3) is 0 Å². The molecule has 1 heterocycles. The van der Waals surface area contributed by atoms with E-state index in [0.29, 0.717) is 0 Å². The summed E-state index contributed by atoms with van der Waals surface area (Å²) in [5, 5.41) is 9.71. The smallest absolute Gasteiger partial charge is 0.411 e. The number of aliphatic hydroxyl groups excluding tert-OH is 1. The van der Waals surface area contributed by atoms with Crippen LogP contribution in [0.2, 0.25) is 0 Å². The van der Waals surface area contributed by atoms with Gasteiger partial charge in [0.2, 0.25) is 0 Å². The lowest BCUT2D eigenvalue weighted by Gasteiger charge is -2.29. The van der Waals surface area contributed by atoms with Crippen molar-refractivity contribution < 1.29 is 24.2 Å². The molecule has 1 aliphatic heterocycles. The van der Waals surface area contributed by atoms with E-state index >= 15 is 0 Å². The van der Waals surface area contributed by atoms with Crippen molar-refractivity contribution in [2.45, 2.75) is 71.3 Å². The van der Waals surface area contributed by atoms with E-state index in [-0.39, 0.29) is 13.0 Å². The van der Waals surface area contributed by atoms with Gasteiger partial charge < -0.3 is 14.6 Å². The number of ether oxygens (including phenoxy) is 2. The largest absolute Gasteiger partial charge is 0.458 e. The second kappa shape index (κ2) is 5.60. The van der Waals surface area contributed by atoms with Crippen LogP contribution in [0.4, 0.5) is 4.79 Å². The molecule has 1 rings (SSSR count). The van der Waals surface area contributed by atoms with E-state index in [1.165, 1.54) is 4.90 Å². The highest BCUT2D eigenvalue weighted by atomic mass is 16.6. The van der Waals surface area contributed by atoms with E-state index in [1.54, 1.807) is 41.5 Å². The van der Waals surface area contributed by atoms with Gasteiger partial charge in [0.15, 0.2) is 0 Å². The third-order valence-corrected chi connectivity index (χ3v) is 2.59. The minimum Gasteiger partial charge on any atom is -0.458 e. The van der Waals surface area contributed by atoms with Gasteiger partial charge in [-0.15, -0.1) is 0 Å². The first-order valence-corrected chi connectivity index (χ1v) is 6.79. The molecule has 1 amide bonds. The van der Waals surface area contributed by atoms with E-state index in [4.69, 9.17) is 9.47 Å². The lowest BCUT2D eigenvalue weighted by molar-refractivity contribution is -0.160. The Morgan fingerprint density at radius 3 is 2.00 bits per heavy atom. The molecule has 1 aliphatic rings. The molecule has 0 aliphatic carbocycles. The van der Waals surface area contributed by atoms with Crippen LogP contribution in [0.1, 0.15) is 48.0 Å². The highest BCUT2D eigenvalue weighted by Crippen LogP contribution is 2.24. The van der Waals surface area contributed by atoms with E-state index in [9.17, 15) is 14.7 Å². The number of likely N-dealkylation sites (tertiary alicyclic amines) is 1. The van der Waals surface area contributed by atoms with Crippen LogP contribution in [-0.4, -0.2) is 52.0 Å². The van der Waals surface area contributed by atoms with Crippen LogP contribution in [0, 0.1) is 0 Å². The molecule has 6 nitrogen and oxygen atoms in total. The molecule has 116 valence electrons. The number of esters is 1. The average molecular weight is 287 g/mol. The normalized spacial score (nSPS) is 23.6. The molecule has 0 bridgehead atoms. The molecular weight excluding hydrogens is 262 g/mol. The van der Waals surface area contributed by atoms with Crippen molar-refractivity contribution in [2.24, 2.45) is 0 Å². The Morgan fingerprint density at radius 1 is 1.05 bits per heavy atom. The zero-order valence-electron chi connectivity index (χ0n) is 13.1. The maximum Gasteiger partial charge on any atom is 0.411 e. The van der Waals surface area contributed by atoms with Gasteiger partial charge in [-0.2, -0.15) is 0 Å². The maximum absolute atomic E-state index is 12.1. The molecule has 0 aromatic carbocycles. The van der Waals surface area contributed by atoms with Crippen LogP contribution in [0.5, 0.6) is 0 Å². The van der Waals surface area contributed by atoms with Crippen LogP contribution >= 0.6 is 0 Å². The number of carbonyl (C=O) groups is 2. The number of β-amino-alcohol motifs (C(OH)–C–C–N with tert-alkyl or cyclic N) is 1. The zero-order valence-corrected chi connectivity index (χ0v) is 13.1. The molecule has 0 radical (unpaired) electrons. The third kappa shape index (κ3) is 5.00. The van der Waals surface area contributed by atoms with Gasteiger partial charge >= 0.3 is 12.1 Å². The number of rotatable bonds is 1. The molecule has 1 saturated heterocycles. The fourth-order valence-corrected chi connectivity index (χ4v) is 1.93. The minimum atomic E-state index is -0.793. The molecule has 0 saturated carbocycles. The predicted molar refractivity (Wildman–Crippen MR) is 73.2 cm³/mol. The number of nitrogens with zero attached hydrogens (tertiary/aromatic N) is 1. The maximum atomic E-state index is 12.1. The molecule has 1 fully saturated rings. The third-order valence-electron chi connectivity index (χ3n) is 2.59. The van der Waals surface area contributed by atoms with Crippen LogP contribution in [-0.2, 0) is 14.3 Å². The van der Waals surface area contributed by atoms with Crippen LogP contribution < -0.4 is 0 Å². The van der Waals surface area contributed by atoms with Crippen LogP contribution in [0.15, 0.2) is 0 Å². The van der Waals surface area contributed by atoms with Gasteiger partial charge in [0.25, 0.3) is 0 Å². The minimum absolute atomic E-state index is 0.0822. The number of carbonyl (C=O) groups excluding carboxylic acids is 2. The summed E-state index contributed by atoms with van der Waals surface area (Å²) in [7, 11) is 0. The first kappa shape index (κ1) is 16.8. The van der Waals surface area contributed by atoms with E-state index in [1.807, 2.05) is 0 Å². The Balaban J connectivity index is 2.78. The van der Waals surface area contributed by atoms with E-state index < -0.39 is 35.4 Å². The van der Waals surface area contributed by atoms with Crippen molar-refractivity contribution in [1.82, 2.24) is 4.90 Å². The number of amides is 1. The van der Waals surface area contributed by atoms with Gasteiger partial charge in [0, 0.05) is 6.42 Å². The number of aliphatic hydroxyl groups is 1. The highest BCUT2D eigenvalue weighted by Gasteiger charge is 2.42. The molecule has 0 unspecified atom stereocenters. The monoisotopic (exact) mass is 287 g/mol. The Morgan fingerprint density at radius 2 is 1.55 bits per heavy atom. The quantitative estimate of drug-likeness (QED) is 0.743. The van der Waals surface area contributed by atoms with Gasteiger partial charge in [0.1, 0.15) is 17.2 Å². The second-order valence-electron chi connectivity index (χ2n) is 7.07. The lowest BCUT2D eigenvalue weighted by Crippen LogP contribution is -2.45. The SMILES string of the molecule is CC(C)(C)OC(=O)[C@H]1C[C@H](O)CN1C(=O)OC(C)(C)C. The molecule has 0 spiro atoms. The summed E-state index contributed by atoms with van der Waals surface area (Å²) >= 11 is 0. The Bertz CT molecular complexity index is 344. The van der Waals surface area contributed by atoms with Crippen molar-refractivity contribution in [3.63, 3.8) is 0 Å². The Hall–Kier alpha value is -1.30. The summed E-state index contributed by atoms with van der Waals surface area (Å²) in [5.41, 5.74) is -1.28. The molecule has 1 N–H and O–H groups in total. The molecule has 0 aromatic rings. The van der Waals surface area contributed by atoms with Crippen molar-refractivity contribution >= 4 is 12.1 Å². The number of hydrogen-bond donors (Lipinski definition) is 1. The molecular formula is C14H25NO5. The van der Waals surface area contributed by atoms with Gasteiger partial charge in [-0.1, -0.05) is 0 Å². The summed E-state index contributed by atoms with van der Waals surface area (Å²) in [6, 6.07) is -0.793. The summed E-state index contributed by atoms with van der Waals surface area (Å²) in [6.07, 6.45) is -1.17. The van der Waals surface area contributed by atoms with Crippen LogP contribution in [0.3, 0.4) is 0 Å². The zero-order chi connectivity index (χ0) is 15.7. The van der Waals surface area contributed by atoms with Crippen molar-refractivity contribution in [2.75, 3.05) is 6.54 Å². The highest BCUT2D eigenvalue weighted by molar-refractivity contribution is 5.82. The fraction of sp³-hybridized carbons (Fsp3) is 0.857. The first-order valence-electron chi connectivity index (χ1n) is 6.79. The fourth-order valence-electron chi connectivity index (χ4n) is 1.93. The van der Waals surface area contributed by atoms with E-state index in [2.05, 4.69) is 0 Å². The second-order valence-corrected chi connectivity index (χ2v) is 7.07. The summed E-state index contributed by atoms with van der Waals surface area (Å²) in [6.45, 7) is 10.6. The summed E-state index contributed by atoms with van der Waals surface area (Å²) in [4.78, 5) is 25.4. The standard InChI is InChI=1S/C14H25NO5/c1-13(2,3)19-11(17)10-7-9(16)8-15(10)12(18)20-14(4,5)6/h9-10,16H,7-8H2,1-6H3/t9-,10+/m0/s1. The van der Waals surface area contributed by atoms with Gasteiger partial charge in [0.05, 0.1) is 12.6 Å². The summed E-state index contributed by atoms with van der Waals surface area (Å²) < 4.78 is 10.5. The molecule has 20 heavy (non-hydrogen) atoms. The summed E-state index contributed by atoms with van der Waals surface area (Å²) in [5.74, 6) is -0.514. The number of hydrogen-bond acceptors (Lipinski definition) is 5. The van der Waals surface area contributed by atoms with Crippen molar-refractivity contribution in [1.29, 1.82) is 0 Å². The van der Waals surface area contributed by atoms with Gasteiger partial charge in [-0.05, 0) is 41.5 Å². The van der Waals surface area contributed by atoms with Crippen molar-refractivity contribution in [3.8, 4) is 0 Å². The molecule has 0 aromatic heterocycles. The van der Waals surface area contributed by atoms with Gasteiger partial charge in [-0.25, -0.2) is 9.59 Å². The van der Waals surface area contributed by atoms with E-state index in [0.717, 1.165) is 0 Å². The molecule has 6 heteroatoms. The Kier molecular flexibility index (Phi) is 4.69. The average Bonchev–Trinajstić information content (AvgIpc) is 2.55. The van der Waals surface area contributed by atoms with Gasteiger partial charge in [-0.3, -0.25) is 4.90 Å². The first-order chi connectivity index (χ1) is 8.89.